The number of ether oxygens (including phenoxy) is 1. The van der Waals surface area contributed by atoms with Crippen molar-refractivity contribution in [2.45, 2.75) is 18.9 Å². The SMILES string of the molecule is O=C(O)CC(Cc1ccccc1)NC(=O)COc1cc(C(=O)O)cc2cc(Cl)cc(Cl)c12. The Balaban J connectivity index is 1.78. The maximum atomic E-state index is 12.5. The lowest BCUT2D eigenvalue weighted by Gasteiger charge is -2.18. The Morgan fingerprint density at radius 2 is 1.72 bits per heavy atom. The van der Waals surface area contributed by atoms with Gasteiger partial charge in [0.05, 0.1) is 17.0 Å². The van der Waals surface area contributed by atoms with Gasteiger partial charge in [0.15, 0.2) is 6.61 Å². The number of nitrogens with one attached hydrogen (secondary N) is 1. The van der Waals surface area contributed by atoms with Crippen molar-refractivity contribution in [3.63, 3.8) is 0 Å². The van der Waals surface area contributed by atoms with Gasteiger partial charge < -0.3 is 20.3 Å². The van der Waals surface area contributed by atoms with Gasteiger partial charge in [-0.1, -0.05) is 53.5 Å². The highest BCUT2D eigenvalue weighted by Crippen LogP contribution is 2.36. The minimum Gasteiger partial charge on any atom is -0.483 e. The second-order valence-electron chi connectivity index (χ2n) is 7.11. The predicted octanol–water partition coefficient (Wildman–Crippen LogP) is 4.43. The van der Waals surface area contributed by atoms with E-state index < -0.39 is 30.5 Å². The summed E-state index contributed by atoms with van der Waals surface area (Å²) >= 11 is 12.3. The minimum atomic E-state index is -1.18. The molecule has 0 aliphatic carbocycles. The summed E-state index contributed by atoms with van der Waals surface area (Å²) < 4.78 is 5.60. The van der Waals surface area contributed by atoms with Gasteiger partial charge in [0.1, 0.15) is 5.75 Å². The fourth-order valence-corrected chi connectivity index (χ4v) is 3.93. The van der Waals surface area contributed by atoms with Crippen LogP contribution in [0, 0.1) is 0 Å². The summed E-state index contributed by atoms with van der Waals surface area (Å²) in [5.41, 5.74) is 0.822. The molecule has 32 heavy (non-hydrogen) atoms. The molecule has 0 aromatic heterocycles. The van der Waals surface area contributed by atoms with Gasteiger partial charge in [0, 0.05) is 16.5 Å². The average Bonchev–Trinajstić information content (AvgIpc) is 2.71. The van der Waals surface area contributed by atoms with Crippen molar-refractivity contribution in [2.75, 3.05) is 6.61 Å². The van der Waals surface area contributed by atoms with Crippen LogP contribution >= 0.6 is 23.2 Å². The normalized spacial score (nSPS) is 11.7. The molecule has 166 valence electrons. The zero-order chi connectivity index (χ0) is 23.3. The molecule has 0 fully saturated rings. The minimum absolute atomic E-state index is 0.0564. The van der Waals surface area contributed by atoms with Crippen molar-refractivity contribution in [1.82, 2.24) is 5.32 Å². The molecule has 1 atom stereocenters. The fourth-order valence-electron chi connectivity index (χ4n) is 3.32. The third kappa shape index (κ3) is 6.12. The van der Waals surface area contributed by atoms with Crippen LogP contribution in [-0.4, -0.2) is 40.7 Å². The summed E-state index contributed by atoms with van der Waals surface area (Å²) in [7, 11) is 0. The number of amides is 1. The van der Waals surface area contributed by atoms with Crippen molar-refractivity contribution in [1.29, 1.82) is 0 Å². The van der Waals surface area contributed by atoms with E-state index in [2.05, 4.69) is 5.32 Å². The molecule has 0 saturated heterocycles. The van der Waals surface area contributed by atoms with Crippen LogP contribution in [0.3, 0.4) is 0 Å². The molecule has 0 heterocycles. The number of carboxylic acids is 2. The Bertz CT molecular complexity index is 1170. The molecule has 0 saturated carbocycles. The van der Waals surface area contributed by atoms with Crippen molar-refractivity contribution in [3.05, 3.63) is 75.8 Å². The Morgan fingerprint density at radius 1 is 1.00 bits per heavy atom. The van der Waals surface area contributed by atoms with E-state index in [1.54, 1.807) is 6.07 Å². The first kappa shape index (κ1) is 23.4. The number of benzene rings is 3. The van der Waals surface area contributed by atoms with Crippen LogP contribution in [0.4, 0.5) is 0 Å². The molecule has 0 aliphatic heterocycles. The lowest BCUT2D eigenvalue weighted by Crippen LogP contribution is -2.40. The summed E-state index contributed by atoms with van der Waals surface area (Å²) in [5, 5.41) is 22.6. The van der Waals surface area contributed by atoms with Crippen molar-refractivity contribution in [3.8, 4) is 5.75 Å². The van der Waals surface area contributed by atoms with Crippen LogP contribution in [-0.2, 0) is 16.0 Å². The molecular formula is C23H19Cl2NO6. The Labute approximate surface area is 193 Å². The highest BCUT2D eigenvalue weighted by atomic mass is 35.5. The first-order valence-corrected chi connectivity index (χ1v) is 10.3. The predicted molar refractivity (Wildman–Crippen MR) is 121 cm³/mol. The molecule has 1 amide bonds. The Morgan fingerprint density at radius 3 is 2.38 bits per heavy atom. The third-order valence-electron chi connectivity index (χ3n) is 4.65. The van der Waals surface area contributed by atoms with E-state index in [1.165, 1.54) is 18.2 Å². The molecule has 0 spiro atoms. The van der Waals surface area contributed by atoms with Crippen molar-refractivity contribution >= 4 is 51.8 Å². The number of hydrogen-bond donors (Lipinski definition) is 3. The largest absolute Gasteiger partial charge is 0.483 e. The van der Waals surface area contributed by atoms with E-state index >= 15 is 0 Å². The molecule has 7 nitrogen and oxygen atoms in total. The van der Waals surface area contributed by atoms with Crippen molar-refractivity contribution < 1.29 is 29.3 Å². The van der Waals surface area contributed by atoms with Gasteiger partial charge >= 0.3 is 11.9 Å². The summed E-state index contributed by atoms with van der Waals surface area (Å²) in [4.78, 5) is 35.2. The number of fused-ring (bicyclic) bond motifs is 1. The fraction of sp³-hybridized carbons (Fsp3) is 0.174. The summed E-state index contributed by atoms with van der Waals surface area (Å²) in [6, 6.07) is 14.3. The number of rotatable bonds is 9. The second-order valence-corrected chi connectivity index (χ2v) is 7.95. The van der Waals surface area contributed by atoms with Gasteiger partial charge in [-0.15, -0.1) is 0 Å². The first-order valence-electron chi connectivity index (χ1n) is 9.57. The standard InChI is InChI=1S/C23H19Cl2NO6/c24-16-8-14-7-15(23(30)31)9-19(22(14)18(25)10-16)32-12-20(27)26-17(11-21(28)29)6-13-4-2-1-3-5-13/h1-5,7-10,17H,6,11-12H2,(H,26,27)(H,28,29)(H,30,31). The number of halogens is 2. The first-order chi connectivity index (χ1) is 15.2. The molecule has 1 unspecified atom stereocenters. The Kier molecular flexibility index (Phi) is 7.56. The lowest BCUT2D eigenvalue weighted by atomic mass is 10.0. The van der Waals surface area contributed by atoms with E-state index in [0.717, 1.165) is 5.56 Å². The number of carbonyl (C=O) groups is 3. The molecule has 0 bridgehead atoms. The maximum Gasteiger partial charge on any atom is 0.335 e. The smallest absolute Gasteiger partial charge is 0.335 e. The van der Waals surface area contributed by atoms with E-state index in [1.807, 2.05) is 30.3 Å². The highest BCUT2D eigenvalue weighted by Gasteiger charge is 2.19. The Hall–Kier alpha value is -3.29. The number of aliphatic carboxylic acids is 1. The average molecular weight is 476 g/mol. The molecule has 3 aromatic rings. The van der Waals surface area contributed by atoms with E-state index in [4.69, 9.17) is 27.9 Å². The number of hydrogen-bond acceptors (Lipinski definition) is 4. The molecule has 9 heteroatoms. The zero-order valence-electron chi connectivity index (χ0n) is 16.7. The van der Waals surface area contributed by atoms with Crippen LogP contribution < -0.4 is 10.1 Å². The van der Waals surface area contributed by atoms with Crippen LogP contribution in [0.25, 0.3) is 10.8 Å². The van der Waals surface area contributed by atoms with Crippen molar-refractivity contribution in [2.24, 2.45) is 0 Å². The van der Waals surface area contributed by atoms with Gasteiger partial charge in [0.2, 0.25) is 0 Å². The molecule has 3 rings (SSSR count). The van der Waals surface area contributed by atoms with Crippen LogP contribution in [0.1, 0.15) is 22.3 Å². The molecule has 3 N–H and O–H groups in total. The topological polar surface area (TPSA) is 113 Å². The van der Waals surface area contributed by atoms with Gasteiger partial charge in [-0.05, 0) is 41.6 Å². The highest BCUT2D eigenvalue weighted by molar-refractivity contribution is 6.39. The van der Waals surface area contributed by atoms with E-state index in [9.17, 15) is 24.6 Å². The van der Waals surface area contributed by atoms with Crippen LogP contribution in [0.15, 0.2) is 54.6 Å². The van der Waals surface area contributed by atoms with E-state index in [-0.39, 0.29) is 22.8 Å². The monoisotopic (exact) mass is 475 g/mol. The molecule has 3 aromatic carbocycles. The lowest BCUT2D eigenvalue weighted by molar-refractivity contribution is -0.137. The molecule has 0 aliphatic rings. The zero-order valence-corrected chi connectivity index (χ0v) is 18.2. The van der Waals surface area contributed by atoms with Gasteiger partial charge in [-0.2, -0.15) is 0 Å². The summed E-state index contributed by atoms with van der Waals surface area (Å²) in [6.45, 7) is -0.456. The van der Waals surface area contributed by atoms with Crippen LogP contribution in [0.2, 0.25) is 10.0 Å². The van der Waals surface area contributed by atoms with Gasteiger partial charge in [-0.25, -0.2) is 4.79 Å². The van der Waals surface area contributed by atoms with E-state index in [0.29, 0.717) is 22.2 Å². The molecular weight excluding hydrogens is 457 g/mol. The summed E-state index contributed by atoms with van der Waals surface area (Å²) in [6.07, 6.45) is 0.0724. The second kappa shape index (κ2) is 10.3. The quantitative estimate of drug-likeness (QED) is 0.421. The molecule has 0 radical (unpaired) electrons. The summed E-state index contributed by atoms with van der Waals surface area (Å²) in [5.74, 6) is -2.67. The van der Waals surface area contributed by atoms with Gasteiger partial charge in [-0.3, -0.25) is 9.59 Å². The van der Waals surface area contributed by atoms with Gasteiger partial charge in [0.25, 0.3) is 5.91 Å². The number of carboxylic acid groups (broad SMARTS) is 2. The number of carbonyl (C=O) groups excluding carboxylic acids is 1. The maximum absolute atomic E-state index is 12.5. The third-order valence-corrected chi connectivity index (χ3v) is 5.16. The van der Waals surface area contributed by atoms with Crippen LogP contribution in [0.5, 0.6) is 5.75 Å². The number of aromatic carboxylic acids is 1.